The van der Waals surface area contributed by atoms with Crippen molar-refractivity contribution in [2.24, 2.45) is 0 Å². The van der Waals surface area contributed by atoms with Crippen molar-refractivity contribution in [3.63, 3.8) is 0 Å². The van der Waals surface area contributed by atoms with Gasteiger partial charge in [-0.25, -0.2) is 4.39 Å². The van der Waals surface area contributed by atoms with E-state index in [1.54, 1.807) is 18.2 Å². The quantitative estimate of drug-likeness (QED) is 0.884. The minimum absolute atomic E-state index is 0.284. The summed E-state index contributed by atoms with van der Waals surface area (Å²) in [6.07, 6.45) is 1.53. The van der Waals surface area contributed by atoms with Crippen LogP contribution in [0.1, 0.15) is 34.1 Å². The van der Waals surface area contributed by atoms with Crippen molar-refractivity contribution in [2.45, 2.75) is 33.4 Å². The summed E-state index contributed by atoms with van der Waals surface area (Å²) in [5.74, 6) is -0.626. The van der Waals surface area contributed by atoms with Gasteiger partial charge in [0.05, 0.1) is 5.56 Å². The molecule has 1 aromatic carbocycles. The van der Waals surface area contributed by atoms with Crippen molar-refractivity contribution in [2.75, 3.05) is 25.0 Å². The highest BCUT2D eigenvalue weighted by molar-refractivity contribution is 6.04. The molecule has 6 heteroatoms. The van der Waals surface area contributed by atoms with Gasteiger partial charge in [-0.05, 0) is 56.2 Å². The Morgan fingerprint density at radius 1 is 1.38 bits per heavy atom. The van der Waals surface area contributed by atoms with Crippen LogP contribution in [0.2, 0.25) is 0 Å². The number of carbonyl (C=O) groups is 1. The van der Waals surface area contributed by atoms with Gasteiger partial charge in [0.1, 0.15) is 5.82 Å². The van der Waals surface area contributed by atoms with Crippen LogP contribution in [0.5, 0.6) is 0 Å². The number of amides is 1. The van der Waals surface area contributed by atoms with Crippen molar-refractivity contribution >= 4 is 11.6 Å². The molecule has 1 aliphatic heterocycles. The summed E-state index contributed by atoms with van der Waals surface area (Å²) in [7, 11) is 0. The van der Waals surface area contributed by atoms with Gasteiger partial charge in [0, 0.05) is 49.8 Å². The first-order chi connectivity index (χ1) is 12.4. The zero-order chi connectivity index (χ0) is 18.7. The zero-order valence-electron chi connectivity index (χ0n) is 15.5. The first-order valence-electron chi connectivity index (χ1n) is 8.91. The summed E-state index contributed by atoms with van der Waals surface area (Å²) in [6, 6.07) is 6.86. The van der Waals surface area contributed by atoms with E-state index in [-0.39, 0.29) is 11.7 Å². The molecule has 0 bridgehead atoms. The summed E-state index contributed by atoms with van der Waals surface area (Å²) >= 11 is 0. The van der Waals surface area contributed by atoms with Gasteiger partial charge in [-0.3, -0.25) is 14.7 Å². The fourth-order valence-electron chi connectivity index (χ4n) is 3.22. The van der Waals surface area contributed by atoms with E-state index < -0.39 is 0 Å². The second-order valence-electron chi connectivity index (χ2n) is 6.97. The number of piperazine rings is 1. The molecule has 0 radical (unpaired) electrons. The van der Waals surface area contributed by atoms with Crippen LogP contribution in [0.3, 0.4) is 0 Å². The molecule has 1 atom stereocenters. The largest absolute Gasteiger partial charge is 0.322 e. The number of aromatic nitrogens is 1. The van der Waals surface area contributed by atoms with Gasteiger partial charge < -0.3 is 10.6 Å². The number of hydrogen-bond acceptors (Lipinski definition) is 4. The molecule has 1 fully saturated rings. The molecule has 0 saturated carbocycles. The van der Waals surface area contributed by atoms with Gasteiger partial charge in [0.25, 0.3) is 5.91 Å². The Labute approximate surface area is 153 Å². The van der Waals surface area contributed by atoms with E-state index in [0.29, 0.717) is 23.8 Å². The van der Waals surface area contributed by atoms with E-state index >= 15 is 0 Å². The molecule has 5 nitrogen and oxygen atoms in total. The molecule has 1 aromatic heterocycles. The first-order valence-corrected chi connectivity index (χ1v) is 8.91. The first kappa shape index (κ1) is 18.5. The SMILES string of the molecule is Cc1ccc(C(=O)Nc2cc(F)cc(CN3CCNC(C)C3)c2C)cn1. The number of benzene rings is 1. The molecule has 138 valence electrons. The topological polar surface area (TPSA) is 57.3 Å². The Morgan fingerprint density at radius 2 is 2.19 bits per heavy atom. The number of hydrogen-bond donors (Lipinski definition) is 2. The highest BCUT2D eigenvalue weighted by Gasteiger charge is 2.18. The molecule has 26 heavy (non-hydrogen) atoms. The van der Waals surface area contributed by atoms with Crippen LogP contribution in [0.15, 0.2) is 30.5 Å². The van der Waals surface area contributed by atoms with Crippen LogP contribution in [0.25, 0.3) is 0 Å². The lowest BCUT2D eigenvalue weighted by atomic mass is 10.0. The lowest BCUT2D eigenvalue weighted by molar-refractivity contribution is 0.102. The summed E-state index contributed by atoms with van der Waals surface area (Å²) in [6.45, 7) is 9.38. The predicted octanol–water partition coefficient (Wildman–Crippen LogP) is 2.88. The third-order valence-electron chi connectivity index (χ3n) is 4.75. The third kappa shape index (κ3) is 4.45. The van der Waals surface area contributed by atoms with Gasteiger partial charge in [0.15, 0.2) is 0 Å². The molecule has 2 heterocycles. The molecule has 0 spiro atoms. The standard InChI is InChI=1S/C20H25FN4O/c1-13-4-5-16(10-23-13)20(26)24-19-9-18(21)8-17(15(19)3)12-25-7-6-22-14(2)11-25/h4-5,8-10,14,22H,6-7,11-12H2,1-3H3,(H,24,26). The molecular weight excluding hydrogens is 331 g/mol. The summed E-state index contributed by atoms with van der Waals surface area (Å²) < 4.78 is 14.1. The lowest BCUT2D eigenvalue weighted by Crippen LogP contribution is -2.48. The van der Waals surface area contributed by atoms with Crippen molar-refractivity contribution in [3.8, 4) is 0 Å². The predicted molar refractivity (Wildman–Crippen MR) is 101 cm³/mol. The summed E-state index contributed by atoms with van der Waals surface area (Å²) in [5.41, 5.74) is 3.60. The molecule has 1 amide bonds. The second kappa shape index (κ2) is 7.93. The molecule has 2 N–H and O–H groups in total. The average Bonchev–Trinajstić information content (AvgIpc) is 2.59. The Morgan fingerprint density at radius 3 is 2.88 bits per heavy atom. The fraction of sp³-hybridized carbons (Fsp3) is 0.400. The Bertz CT molecular complexity index is 791. The molecule has 3 rings (SSSR count). The minimum Gasteiger partial charge on any atom is -0.322 e. The Hall–Kier alpha value is -2.31. The molecular formula is C20H25FN4O. The smallest absolute Gasteiger partial charge is 0.257 e. The average molecular weight is 356 g/mol. The maximum Gasteiger partial charge on any atom is 0.257 e. The number of nitrogens with zero attached hydrogens (tertiary/aromatic N) is 2. The number of anilines is 1. The molecule has 1 saturated heterocycles. The number of rotatable bonds is 4. The molecule has 2 aromatic rings. The van der Waals surface area contributed by atoms with Gasteiger partial charge in [-0.2, -0.15) is 0 Å². The lowest BCUT2D eigenvalue weighted by Gasteiger charge is -2.32. The van der Waals surface area contributed by atoms with E-state index in [4.69, 9.17) is 0 Å². The highest BCUT2D eigenvalue weighted by Crippen LogP contribution is 2.23. The normalized spacial score (nSPS) is 17.9. The van der Waals surface area contributed by atoms with Crippen LogP contribution < -0.4 is 10.6 Å². The monoisotopic (exact) mass is 356 g/mol. The Balaban J connectivity index is 1.78. The van der Waals surface area contributed by atoms with Crippen LogP contribution >= 0.6 is 0 Å². The number of aryl methyl sites for hydroxylation is 1. The Kier molecular flexibility index (Phi) is 5.64. The van der Waals surface area contributed by atoms with Crippen molar-refractivity contribution in [1.82, 2.24) is 15.2 Å². The number of nitrogens with one attached hydrogen (secondary N) is 2. The van der Waals surface area contributed by atoms with Crippen molar-refractivity contribution < 1.29 is 9.18 Å². The maximum absolute atomic E-state index is 14.1. The number of halogens is 1. The van der Waals surface area contributed by atoms with Gasteiger partial charge >= 0.3 is 0 Å². The van der Waals surface area contributed by atoms with Gasteiger partial charge in [0.2, 0.25) is 0 Å². The van der Waals surface area contributed by atoms with E-state index in [9.17, 15) is 9.18 Å². The minimum atomic E-state index is -0.342. The highest BCUT2D eigenvalue weighted by atomic mass is 19.1. The fourth-order valence-corrected chi connectivity index (χ4v) is 3.22. The van der Waals surface area contributed by atoms with Crippen LogP contribution in [0.4, 0.5) is 10.1 Å². The number of pyridine rings is 1. The summed E-state index contributed by atoms with van der Waals surface area (Å²) in [4.78, 5) is 18.9. The number of carbonyl (C=O) groups excluding carboxylic acids is 1. The van der Waals surface area contributed by atoms with Crippen molar-refractivity contribution in [1.29, 1.82) is 0 Å². The van der Waals surface area contributed by atoms with E-state index in [1.807, 2.05) is 13.8 Å². The summed E-state index contributed by atoms with van der Waals surface area (Å²) in [5, 5.41) is 6.23. The van der Waals surface area contributed by atoms with Crippen LogP contribution in [-0.4, -0.2) is 41.5 Å². The third-order valence-corrected chi connectivity index (χ3v) is 4.75. The van der Waals surface area contributed by atoms with E-state index in [2.05, 4.69) is 27.4 Å². The van der Waals surface area contributed by atoms with Crippen molar-refractivity contribution in [3.05, 3.63) is 58.7 Å². The second-order valence-corrected chi connectivity index (χ2v) is 6.97. The van der Waals surface area contributed by atoms with Crippen LogP contribution in [-0.2, 0) is 6.54 Å². The molecule has 0 aliphatic carbocycles. The van der Waals surface area contributed by atoms with E-state index in [0.717, 1.165) is 36.5 Å². The van der Waals surface area contributed by atoms with Gasteiger partial charge in [-0.15, -0.1) is 0 Å². The maximum atomic E-state index is 14.1. The van der Waals surface area contributed by atoms with Crippen LogP contribution in [0, 0.1) is 19.7 Å². The van der Waals surface area contributed by atoms with E-state index in [1.165, 1.54) is 12.3 Å². The van der Waals surface area contributed by atoms with Gasteiger partial charge in [-0.1, -0.05) is 0 Å². The molecule has 1 aliphatic rings. The molecule has 1 unspecified atom stereocenters. The zero-order valence-corrected chi connectivity index (χ0v) is 15.5.